The van der Waals surface area contributed by atoms with E-state index < -0.39 is 18.4 Å². The van der Waals surface area contributed by atoms with Crippen LogP contribution in [0.5, 0.6) is 11.6 Å². The van der Waals surface area contributed by atoms with E-state index in [0.29, 0.717) is 17.2 Å². The van der Waals surface area contributed by atoms with E-state index in [-0.39, 0.29) is 41.7 Å². The number of esters is 1. The van der Waals surface area contributed by atoms with Gasteiger partial charge in [-0.2, -0.15) is 23.1 Å². The summed E-state index contributed by atoms with van der Waals surface area (Å²) in [6.45, 7) is 10.2. The van der Waals surface area contributed by atoms with Crippen LogP contribution in [0.4, 0.5) is 13.2 Å². The summed E-state index contributed by atoms with van der Waals surface area (Å²) in [6, 6.07) is 10.8. The first-order valence-electron chi connectivity index (χ1n) is 14.9. The van der Waals surface area contributed by atoms with Crippen molar-refractivity contribution in [3.63, 3.8) is 0 Å². The molecule has 1 atom stereocenters. The molecule has 1 aliphatic rings. The summed E-state index contributed by atoms with van der Waals surface area (Å²) in [7, 11) is 0. The molecule has 2 aromatic heterocycles. The molecule has 1 unspecified atom stereocenters. The third-order valence-electron chi connectivity index (χ3n) is 7.27. The number of oxazole rings is 1. The smallest absolute Gasteiger partial charge is 0.491 e. The van der Waals surface area contributed by atoms with Gasteiger partial charge in [-0.3, -0.25) is 4.90 Å². The summed E-state index contributed by atoms with van der Waals surface area (Å²) in [5.41, 5.74) is 3.32. The van der Waals surface area contributed by atoms with Crippen LogP contribution in [0.15, 0.2) is 40.8 Å². The number of fused-ring (bicyclic) bond motifs is 1. The Bertz CT molecular complexity index is 1640. The fourth-order valence-electron chi connectivity index (χ4n) is 5.00. The number of carbonyl (C=O) groups is 1. The van der Waals surface area contributed by atoms with Crippen molar-refractivity contribution in [2.75, 3.05) is 39.5 Å². The molecule has 10 nitrogen and oxygen atoms in total. The van der Waals surface area contributed by atoms with E-state index in [2.05, 4.69) is 24.6 Å². The number of carbonyl (C=O) groups excluding carboxylic acids is 1. The molecule has 46 heavy (non-hydrogen) atoms. The van der Waals surface area contributed by atoms with Gasteiger partial charge in [-0.1, -0.05) is 30.7 Å². The fraction of sp³-hybridized carbons (Fsp3) is 0.438. The highest BCUT2D eigenvalue weighted by Crippen LogP contribution is 2.34. The number of halogens is 4. The monoisotopic (exact) mass is 662 g/mol. The van der Waals surface area contributed by atoms with Crippen LogP contribution in [0.3, 0.4) is 0 Å². The van der Waals surface area contributed by atoms with Gasteiger partial charge in [0.15, 0.2) is 5.52 Å². The van der Waals surface area contributed by atoms with E-state index in [4.69, 9.17) is 30.2 Å². The largest absolute Gasteiger partial charge is 0.493 e. The lowest BCUT2D eigenvalue weighted by atomic mass is 10.1. The number of morpholine rings is 1. The molecule has 0 radical (unpaired) electrons. The van der Waals surface area contributed by atoms with Crippen LogP contribution >= 0.6 is 11.6 Å². The Labute approximate surface area is 268 Å². The molecule has 2 aromatic carbocycles. The van der Waals surface area contributed by atoms with E-state index in [9.17, 15) is 18.0 Å². The number of nitrogens with zero attached hydrogens (tertiary/aromatic N) is 4. The zero-order valence-corrected chi connectivity index (χ0v) is 26.4. The number of aromatic nitrogens is 3. The molecule has 0 bridgehead atoms. The van der Waals surface area contributed by atoms with Gasteiger partial charge >= 0.3 is 12.1 Å². The molecule has 0 amide bonds. The molecule has 1 aliphatic heterocycles. The molecular formula is C32H34ClF3N4O6. The zero-order valence-electron chi connectivity index (χ0n) is 25.7. The molecule has 0 N–H and O–H groups in total. The number of alkyl halides is 3. The van der Waals surface area contributed by atoms with E-state index in [1.165, 1.54) is 6.92 Å². The molecule has 5 rings (SSSR count). The van der Waals surface area contributed by atoms with Crippen molar-refractivity contribution < 1.29 is 41.3 Å². The summed E-state index contributed by atoms with van der Waals surface area (Å²) >= 11 is 6.01. The molecule has 1 fully saturated rings. The van der Waals surface area contributed by atoms with Crippen molar-refractivity contribution in [1.29, 1.82) is 0 Å². The predicted molar refractivity (Wildman–Crippen MR) is 163 cm³/mol. The Hall–Kier alpha value is -3.94. The number of rotatable bonds is 12. The zero-order chi connectivity index (χ0) is 32.8. The van der Waals surface area contributed by atoms with Crippen LogP contribution in [-0.4, -0.2) is 77.7 Å². The second-order valence-electron chi connectivity index (χ2n) is 10.9. The molecule has 0 saturated carbocycles. The quantitative estimate of drug-likeness (QED) is 0.0952. The van der Waals surface area contributed by atoms with E-state index in [0.717, 1.165) is 61.7 Å². The van der Waals surface area contributed by atoms with E-state index in [1.807, 2.05) is 26.0 Å². The average Bonchev–Trinajstić information content (AvgIpc) is 3.45. The van der Waals surface area contributed by atoms with Crippen molar-refractivity contribution >= 4 is 28.8 Å². The van der Waals surface area contributed by atoms with Crippen molar-refractivity contribution in [3.8, 4) is 23.1 Å². The van der Waals surface area contributed by atoms with Crippen molar-refractivity contribution in [3.05, 3.63) is 63.9 Å². The van der Waals surface area contributed by atoms with Crippen LogP contribution in [0.2, 0.25) is 5.02 Å². The summed E-state index contributed by atoms with van der Waals surface area (Å²) in [4.78, 5) is 27.4. The second-order valence-corrected chi connectivity index (χ2v) is 11.3. The van der Waals surface area contributed by atoms with Crippen LogP contribution < -0.4 is 9.47 Å². The lowest BCUT2D eigenvalue weighted by Gasteiger charge is -2.26. The highest BCUT2D eigenvalue weighted by Gasteiger charge is 2.42. The van der Waals surface area contributed by atoms with Gasteiger partial charge in [0.25, 0.3) is 11.6 Å². The van der Waals surface area contributed by atoms with E-state index in [1.54, 1.807) is 24.3 Å². The Morgan fingerprint density at radius 2 is 1.76 bits per heavy atom. The van der Waals surface area contributed by atoms with Gasteiger partial charge < -0.3 is 23.4 Å². The first-order chi connectivity index (χ1) is 22.0. The fourth-order valence-corrected chi connectivity index (χ4v) is 5.13. The minimum absolute atomic E-state index is 0.0553. The predicted octanol–water partition coefficient (Wildman–Crippen LogP) is 6.47. The number of aryl methyl sites for hydroxylation is 2. The molecule has 1 saturated heterocycles. The molecule has 3 heterocycles. The third-order valence-corrected chi connectivity index (χ3v) is 7.52. The number of benzene rings is 2. The van der Waals surface area contributed by atoms with Gasteiger partial charge in [0.05, 0.1) is 19.8 Å². The second kappa shape index (κ2) is 14.7. The Morgan fingerprint density at radius 1 is 1.07 bits per heavy atom. The van der Waals surface area contributed by atoms with Crippen molar-refractivity contribution in [2.45, 2.75) is 52.5 Å². The van der Waals surface area contributed by atoms with Gasteiger partial charge in [0.2, 0.25) is 12.2 Å². The normalized spacial score (nSPS) is 14.8. The molecule has 0 aliphatic carbocycles. The summed E-state index contributed by atoms with van der Waals surface area (Å²) < 4.78 is 66.6. The van der Waals surface area contributed by atoms with Gasteiger partial charge in [-0.05, 0) is 61.2 Å². The maximum atomic E-state index is 12.9. The van der Waals surface area contributed by atoms with E-state index >= 15 is 0 Å². The maximum absolute atomic E-state index is 12.9. The minimum atomic E-state index is -5.19. The van der Waals surface area contributed by atoms with Gasteiger partial charge in [0, 0.05) is 43.1 Å². The summed E-state index contributed by atoms with van der Waals surface area (Å²) in [6.07, 6.45) is -5.75. The molecule has 0 spiro atoms. The van der Waals surface area contributed by atoms with Gasteiger partial charge in [-0.15, -0.1) is 0 Å². The van der Waals surface area contributed by atoms with Crippen LogP contribution in [0.1, 0.15) is 42.3 Å². The lowest BCUT2D eigenvalue weighted by Crippen LogP contribution is -2.37. The van der Waals surface area contributed by atoms with Crippen LogP contribution in [0, 0.1) is 13.8 Å². The standard InChI is InChI=1S/C32H34ClF3N4O6/c1-4-25(45-31(41)32(34,35)36)44-29-26-30(38-24(37-29)18-21-6-8-23(33)9-7-21)46-28(39-26)22-16-19(2)27(20(3)17-22)43-13-5-10-40-11-14-42-15-12-40/h6-9,16-17,25H,4-5,10-15,18H2,1-3H3. The Morgan fingerprint density at radius 3 is 2.41 bits per heavy atom. The summed E-state index contributed by atoms with van der Waals surface area (Å²) in [5, 5.41) is 0.552. The van der Waals surface area contributed by atoms with Crippen molar-refractivity contribution in [1.82, 2.24) is 19.9 Å². The first-order valence-corrected chi connectivity index (χ1v) is 15.3. The highest BCUT2D eigenvalue weighted by atomic mass is 35.5. The average molecular weight is 663 g/mol. The van der Waals surface area contributed by atoms with Gasteiger partial charge in [0.1, 0.15) is 11.6 Å². The lowest BCUT2D eigenvalue weighted by molar-refractivity contribution is -0.216. The Kier molecular flexibility index (Phi) is 10.6. The highest BCUT2D eigenvalue weighted by molar-refractivity contribution is 6.30. The molecule has 4 aromatic rings. The molecule has 14 heteroatoms. The topological polar surface area (TPSA) is 109 Å². The maximum Gasteiger partial charge on any atom is 0.491 e. The molecule has 246 valence electrons. The first kappa shape index (κ1) is 33.4. The SMILES string of the molecule is CCC(OC(=O)C(F)(F)F)Oc1nc(Cc2ccc(Cl)cc2)nc2oc(-c3cc(C)c(OCCCN4CCOCC4)c(C)c3)nc12. The Balaban J connectivity index is 1.40. The molecular weight excluding hydrogens is 629 g/mol. The number of hydrogen-bond donors (Lipinski definition) is 0. The number of ether oxygens (including phenoxy) is 4. The van der Waals surface area contributed by atoms with Gasteiger partial charge in [-0.25, -0.2) is 9.78 Å². The van der Waals surface area contributed by atoms with Crippen LogP contribution in [0.25, 0.3) is 22.7 Å². The van der Waals surface area contributed by atoms with Crippen molar-refractivity contribution in [2.24, 2.45) is 0 Å². The summed E-state index contributed by atoms with van der Waals surface area (Å²) in [5.74, 6) is -1.34. The number of hydrogen-bond acceptors (Lipinski definition) is 10. The minimum Gasteiger partial charge on any atom is -0.493 e. The third kappa shape index (κ3) is 8.45. The van der Waals surface area contributed by atoms with Crippen LogP contribution in [-0.2, 0) is 20.7 Å².